The summed E-state index contributed by atoms with van der Waals surface area (Å²) >= 11 is 4.24. The van der Waals surface area contributed by atoms with Crippen LogP contribution in [0.3, 0.4) is 0 Å². The van der Waals surface area contributed by atoms with Crippen molar-refractivity contribution in [1.29, 1.82) is 0 Å². The molecular formula is C19H28O6S2. The normalized spacial score (nSPS) is 13.5. The average molecular weight is 417 g/mol. The van der Waals surface area contributed by atoms with Crippen molar-refractivity contribution >= 4 is 32.3 Å². The smallest absolute Gasteiger partial charge is 0.328 e. The highest BCUT2D eigenvalue weighted by molar-refractivity contribution is 8.27. The number of rotatable bonds is 15. The second-order valence-electron chi connectivity index (χ2n) is 6.17. The van der Waals surface area contributed by atoms with Crippen LogP contribution in [0.4, 0.5) is 0 Å². The molecule has 1 atom stereocenters. The minimum Gasteiger partial charge on any atom is -0.494 e. The maximum absolute atomic E-state index is 10.7. The van der Waals surface area contributed by atoms with Crippen LogP contribution in [0.25, 0.3) is 6.08 Å². The fourth-order valence-corrected chi connectivity index (χ4v) is 2.99. The van der Waals surface area contributed by atoms with E-state index in [1.54, 1.807) is 6.08 Å². The van der Waals surface area contributed by atoms with E-state index in [1.807, 2.05) is 24.3 Å². The number of unbranched alkanes of at least 4 members (excludes halogenated alkanes) is 7. The van der Waals surface area contributed by atoms with E-state index in [2.05, 4.69) is 15.4 Å². The van der Waals surface area contributed by atoms with Crippen molar-refractivity contribution in [3.8, 4) is 5.75 Å². The molecular weight excluding hydrogens is 388 g/mol. The Morgan fingerprint density at radius 3 is 2.00 bits per heavy atom. The molecule has 1 unspecified atom stereocenters. The Kier molecular flexibility index (Phi) is 11.9. The molecule has 0 amide bonds. The van der Waals surface area contributed by atoms with E-state index in [-0.39, 0.29) is 6.61 Å². The summed E-state index contributed by atoms with van der Waals surface area (Å²) in [5.41, 5.74) is 0.824. The molecule has 0 heterocycles. The zero-order chi connectivity index (χ0) is 20.0. The van der Waals surface area contributed by atoms with E-state index in [1.165, 1.54) is 6.42 Å². The van der Waals surface area contributed by atoms with Gasteiger partial charge in [0.15, 0.2) is 0 Å². The van der Waals surface area contributed by atoms with Crippen LogP contribution in [0.1, 0.15) is 56.9 Å². The number of carboxylic acid groups (broad SMARTS) is 1. The molecule has 0 aromatic heterocycles. The molecule has 2 N–H and O–H groups in total. The third-order valence-corrected chi connectivity index (χ3v) is 4.59. The second-order valence-corrected chi connectivity index (χ2v) is 8.52. The zero-order valence-electron chi connectivity index (χ0n) is 15.4. The van der Waals surface area contributed by atoms with E-state index >= 15 is 0 Å². The van der Waals surface area contributed by atoms with E-state index in [0.717, 1.165) is 62.3 Å². The first-order chi connectivity index (χ1) is 12.9. The molecule has 0 fully saturated rings. The Morgan fingerprint density at radius 2 is 1.48 bits per heavy atom. The molecule has 0 aliphatic carbocycles. The predicted molar refractivity (Wildman–Crippen MR) is 110 cm³/mol. The highest BCUT2D eigenvalue weighted by Gasteiger charge is 1.99. The maximum atomic E-state index is 10.7. The maximum Gasteiger partial charge on any atom is 0.328 e. The number of carboxylic acids is 1. The van der Waals surface area contributed by atoms with Gasteiger partial charge in [-0.2, -0.15) is 4.21 Å². The first-order valence-corrected chi connectivity index (χ1v) is 11.5. The van der Waals surface area contributed by atoms with Crippen LogP contribution in [0, 0.1) is 0 Å². The minimum absolute atomic E-state index is 0.243. The summed E-state index contributed by atoms with van der Waals surface area (Å²) < 4.78 is 29.8. The molecule has 0 saturated heterocycles. The molecule has 152 valence electrons. The van der Waals surface area contributed by atoms with E-state index in [4.69, 9.17) is 14.4 Å². The molecule has 0 saturated carbocycles. The van der Waals surface area contributed by atoms with E-state index in [0.29, 0.717) is 6.61 Å². The lowest BCUT2D eigenvalue weighted by atomic mass is 10.1. The van der Waals surface area contributed by atoms with Crippen LogP contribution in [-0.4, -0.2) is 33.1 Å². The van der Waals surface area contributed by atoms with Crippen LogP contribution >= 0.6 is 0 Å². The highest BCUT2D eigenvalue weighted by Crippen LogP contribution is 2.14. The monoisotopic (exact) mass is 416 g/mol. The second kappa shape index (κ2) is 13.7. The largest absolute Gasteiger partial charge is 0.494 e. The van der Waals surface area contributed by atoms with Gasteiger partial charge >= 0.3 is 5.97 Å². The SMILES string of the molecule is O=C(O)/C=C/c1ccc(OCCCCCCCCCCOS(=O)(O)=S)cc1. The summed E-state index contributed by atoms with van der Waals surface area (Å²) in [4.78, 5) is 10.5. The van der Waals surface area contributed by atoms with Crippen molar-refractivity contribution in [2.75, 3.05) is 13.2 Å². The fourth-order valence-electron chi connectivity index (χ4n) is 2.46. The van der Waals surface area contributed by atoms with Crippen LogP contribution in [0.15, 0.2) is 30.3 Å². The lowest BCUT2D eigenvalue weighted by Gasteiger charge is -2.06. The van der Waals surface area contributed by atoms with Crippen molar-refractivity contribution in [3.05, 3.63) is 35.9 Å². The van der Waals surface area contributed by atoms with Gasteiger partial charge in [0.2, 0.25) is 0 Å². The van der Waals surface area contributed by atoms with Gasteiger partial charge < -0.3 is 9.84 Å². The molecule has 8 heteroatoms. The van der Waals surface area contributed by atoms with Gasteiger partial charge in [-0.25, -0.2) is 4.79 Å². The van der Waals surface area contributed by atoms with Crippen LogP contribution in [0.5, 0.6) is 5.75 Å². The van der Waals surface area contributed by atoms with Gasteiger partial charge in [0.25, 0.3) is 9.05 Å². The summed E-state index contributed by atoms with van der Waals surface area (Å²) in [7, 11) is -3.47. The Morgan fingerprint density at radius 1 is 0.963 bits per heavy atom. The summed E-state index contributed by atoms with van der Waals surface area (Å²) in [6.07, 6.45) is 11.1. The molecule has 1 rings (SSSR count). The standard InChI is InChI=1S/C19H28O6S2/c20-19(21)14-11-17-9-12-18(13-10-17)24-15-7-5-3-1-2-4-6-8-16-25-27(22,23)26/h9-14H,1-8,15-16H2,(H,20,21)(H,22,23,26)/b14-11+. The Labute approximate surface area is 166 Å². The molecule has 27 heavy (non-hydrogen) atoms. The Bertz CT molecular complexity index is 668. The molecule has 1 aromatic rings. The summed E-state index contributed by atoms with van der Waals surface area (Å²) in [5, 5.41) is 8.59. The predicted octanol–water partition coefficient (Wildman–Crippen LogP) is 4.43. The molecule has 1 aromatic carbocycles. The van der Waals surface area contributed by atoms with Crippen molar-refractivity contribution in [1.82, 2.24) is 0 Å². The summed E-state index contributed by atoms with van der Waals surface area (Å²) in [6, 6.07) is 7.33. The van der Waals surface area contributed by atoms with Crippen molar-refractivity contribution in [2.45, 2.75) is 51.4 Å². The first kappa shape index (κ1) is 23.6. The van der Waals surface area contributed by atoms with Gasteiger partial charge in [-0.15, -0.1) is 0 Å². The number of benzene rings is 1. The quantitative estimate of drug-likeness (QED) is 0.323. The summed E-state index contributed by atoms with van der Waals surface area (Å²) in [5.74, 6) is -0.176. The first-order valence-electron chi connectivity index (χ1n) is 9.12. The van der Waals surface area contributed by atoms with E-state index in [9.17, 15) is 9.00 Å². The van der Waals surface area contributed by atoms with Crippen LogP contribution in [-0.2, 0) is 29.2 Å². The number of hydrogen-bond acceptors (Lipinski definition) is 5. The molecule has 0 aliphatic rings. The van der Waals surface area contributed by atoms with Gasteiger partial charge in [0.05, 0.1) is 13.2 Å². The average Bonchev–Trinajstić information content (AvgIpc) is 2.61. The van der Waals surface area contributed by atoms with Crippen LogP contribution in [0.2, 0.25) is 0 Å². The Hall–Kier alpha value is -1.48. The third kappa shape index (κ3) is 14.3. The number of hydrogen-bond donors (Lipinski definition) is 2. The zero-order valence-corrected chi connectivity index (χ0v) is 17.0. The molecule has 0 spiro atoms. The molecule has 0 bridgehead atoms. The van der Waals surface area contributed by atoms with Gasteiger partial charge in [-0.3, -0.25) is 8.74 Å². The Balaban J connectivity index is 1.96. The van der Waals surface area contributed by atoms with Gasteiger partial charge in [0, 0.05) is 17.3 Å². The van der Waals surface area contributed by atoms with Gasteiger partial charge in [0.1, 0.15) is 5.75 Å². The minimum atomic E-state index is -3.47. The lowest BCUT2D eigenvalue weighted by molar-refractivity contribution is -0.131. The van der Waals surface area contributed by atoms with Crippen LogP contribution < -0.4 is 4.74 Å². The van der Waals surface area contributed by atoms with E-state index < -0.39 is 15.0 Å². The highest BCUT2D eigenvalue weighted by atomic mass is 32.9. The molecule has 0 aliphatic heterocycles. The molecule has 6 nitrogen and oxygen atoms in total. The topological polar surface area (TPSA) is 93.1 Å². The number of ether oxygens (including phenoxy) is 1. The lowest BCUT2D eigenvalue weighted by Crippen LogP contribution is -2.03. The van der Waals surface area contributed by atoms with Gasteiger partial charge in [-0.05, 0) is 36.6 Å². The van der Waals surface area contributed by atoms with Crippen molar-refractivity contribution < 1.29 is 27.6 Å². The fraction of sp³-hybridized carbons (Fsp3) is 0.526. The summed E-state index contributed by atoms with van der Waals surface area (Å²) in [6.45, 7) is 0.913. The number of aliphatic carboxylic acids is 1. The third-order valence-electron chi connectivity index (χ3n) is 3.84. The number of carbonyl (C=O) groups is 1. The van der Waals surface area contributed by atoms with Crippen molar-refractivity contribution in [3.63, 3.8) is 0 Å². The molecule has 0 radical (unpaired) electrons. The van der Waals surface area contributed by atoms with Gasteiger partial charge in [-0.1, -0.05) is 50.7 Å². The van der Waals surface area contributed by atoms with Crippen molar-refractivity contribution in [2.24, 2.45) is 0 Å².